The largest absolute Gasteiger partial charge is 0.397 e. The molecule has 2 aromatic rings. The lowest BCUT2D eigenvalue weighted by atomic mass is 10.3. The number of hydrogen-bond acceptors (Lipinski definition) is 3. The molecule has 0 fully saturated rings. The van der Waals surface area contributed by atoms with Gasteiger partial charge in [-0.2, -0.15) is 0 Å². The van der Waals surface area contributed by atoms with Crippen LogP contribution < -0.4 is 5.73 Å². The minimum atomic E-state index is 0.700. The van der Waals surface area contributed by atoms with Crippen molar-refractivity contribution in [3.05, 3.63) is 47.1 Å². The van der Waals surface area contributed by atoms with Gasteiger partial charge in [-0.25, -0.2) is 4.98 Å². The molecule has 0 saturated heterocycles. The van der Waals surface area contributed by atoms with E-state index in [-0.39, 0.29) is 0 Å². The zero-order valence-electron chi connectivity index (χ0n) is 8.77. The number of rotatable bonds is 2. The van der Waals surface area contributed by atoms with Gasteiger partial charge in [0.25, 0.3) is 0 Å². The number of pyridine rings is 1. The van der Waals surface area contributed by atoms with Gasteiger partial charge in [-0.05, 0) is 43.3 Å². The number of aryl methyl sites for hydroxylation is 1. The van der Waals surface area contributed by atoms with Gasteiger partial charge in [0.1, 0.15) is 5.03 Å². The van der Waals surface area contributed by atoms with Crippen molar-refractivity contribution in [2.75, 3.05) is 5.73 Å². The summed E-state index contributed by atoms with van der Waals surface area (Å²) in [7, 11) is 0. The predicted molar refractivity (Wildman–Crippen MR) is 69.0 cm³/mol. The maximum absolute atomic E-state index is 5.86. The third-order valence-electron chi connectivity index (χ3n) is 2.06. The van der Waals surface area contributed by atoms with Crippen LogP contribution in [0.1, 0.15) is 5.69 Å². The van der Waals surface area contributed by atoms with Crippen molar-refractivity contribution >= 4 is 29.1 Å². The number of benzene rings is 1. The number of hydrogen-bond donors (Lipinski definition) is 1. The van der Waals surface area contributed by atoms with Gasteiger partial charge < -0.3 is 5.73 Å². The van der Waals surface area contributed by atoms with Crippen LogP contribution in [0.3, 0.4) is 0 Å². The number of anilines is 1. The molecule has 2 nitrogen and oxygen atoms in total. The van der Waals surface area contributed by atoms with E-state index in [4.69, 9.17) is 17.3 Å². The van der Waals surface area contributed by atoms with Crippen LogP contribution in [0, 0.1) is 6.92 Å². The first-order valence-electron chi connectivity index (χ1n) is 4.82. The molecule has 0 bridgehead atoms. The Hall–Kier alpha value is -1.19. The highest BCUT2D eigenvalue weighted by Gasteiger charge is 2.03. The Morgan fingerprint density at radius 2 is 1.81 bits per heavy atom. The topological polar surface area (TPSA) is 38.9 Å². The smallest absolute Gasteiger partial charge is 0.124 e. The van der Waals surface area contributed by atoms with Crippen molar-refractivity contribution < 1.29 is 0 Å². The second-order valence-electron chi connectivity index (χ2n) is 3.40. The van der Waals surface area contributed by atoms with Gasteiger partial charge >= 0.3 is 0 Å². The van der Waals surface area contributed by atoms with E-state index in [2.05, 4.69) is 4.98 Å². The average molecular weight is 251 g/mol. The van der Waals surface area contributed by atoms with E-state index >= 15 is 0 Å². The van der Waals surface area contributed by atoms with Crippen LogP contribution in [-0.2, 0) is 0 Å². The standard InChI is InChI=1S/C12H11ClN2S/c1-8-2-7-11(14)12(15-8)16-10-5-3-9(13)4-6-10/h2-7H,14H2,1H3. The maximum Gasteiger partial charge on any atom is 0.124 e. The molecule has 0 aliphatic heterocycles. The average Bonchev–Trinajstić information content (AvgIpc) is 2.27. The van der Waals surface area contributed by atoms with Crippen LogP contribution in [0.5, 0.6) is 0 Å². The van der Waals surface area contributed by atoms with E-state index in [1.54, 1.807) is 11.8 Å². The number of aromatic nitrogens is 1. The summed E-state index contributed by atoms with van der Waals surface area (Å²) in [5.41, 5.74) is 7.52. The Labute approximate surface area is 104 Å². The van der Waals surface area contributed by atoms with E-state index in [9.17, 15) is 0 Å². The third-order valence-corrected chi connectivity index (χ3v) is 3.34. The Bertz CT molecular complexity index is 497. The summed E-state index contributed by atoms with van der Waals surface area (Å²) in [6.07, 6.45) is 0. The van der Waals surface area contributed by atoms with Crippen LogP contribution in [0.4, 0.5) is 5.69 Å². The molecule has 1 heterocycles. The first kappa shape index (κ1) is 11.3. The summed E-state index contributed by atoms with van der Waals surface area (Å²) in [6.45, 7) is 1.95. The minimum absolute atomic E-state index is 0.700. The Morgan fingerprint density at radius 1 is 1.12 bits per heavy atom. The molecule has 4 heteroatoms. The lowest BCUT2D eigenvalue weighted by Gasteiger charge is -2.05. The lowest BCUT2D eigenvalue weighted by Crippen LogP contribution is -1.93. The van der Waals surface area contributed by atoms with Crippen LogP contribution in [-0.4, -0.2) is 4.98 Å². The predicted octanol–water partition coefficient (Wildman–Crippen LogP) is 3.78. The number of halogens is 1. The van der Waals surface area contributed by atoms with Gasteiger partial charge in [-0.15, -0.1) is 0 Å². The number of nitrogens with two attached hydrogens (primary N) is 1. The molecule has 1 aromatic heterocycles. The molecule has 0 radical (unpaired) electrons. The monoisotopic (exact) mass is 250 g/mol. The Balaban J connectivity index is 2.26. The van der Waals surface area contributed by atoms with Gasteiger partial charge in [-0.3, -0.25) is 0 Å². The van der Waals surface area contributed by atoms with Crippen molar-refractivity contribution in [3.8, 4) is 0 Å². The van der Waals surface area contributed by atoms with Gasteiger partial charge in [0.15, 0.2) is 0 Å². The fraction of sp³-hybridized carbons (Fsp3) is 0.0833. The molecule has 1 aromatic carbocycles. The molecular formula is C12H11ClN2S. The molecule has 16 heavy (non-hydrogen) atoms. The third kappa shape index (κ3) is 2.68. The zero-order chi connectivity index (χ0) is 11.5. The highest BCUT2D eigenvalue weighted by molar-refractivity contribution is 7.99. The molecule has 0 aliphatic carbocycles. The van der Waals surface area contributed by atoms with E-state index in [1.807, 2.05) is 43.3 Å². The summed E-state index contributed by atoms with van der Waals surface area (Å²) in [5, 5.41) is 1.57. The minimum Gasteiger partial charge on any atom is -0.397 e. The fourth-order valence-electron chi connectivity index (χ4n) is 1.24. The van der Waals surface area contributed by atoms with Crippen LogP contribution in [0.25, 0.3) is 0 Å². The molecule has 0 amide bonds. The lowest BCUT2D eigenvalue weighted by molar-refractivity contribution is 1.07. The highest BCUT2D eigenvalue weighted by Crippen LogP contribution is 2.30. The Kier molecular flexibility index (Phi) is 3.36. The van der Waals surface area contributed by atoms with Crippen molar-refractivity contribution in [2.45, 2.75) is 16.8 Å². The van der Waals surface area contributed by atoms with Gasteiger partial charge in [0.2, 0.25) is 0 Å². The van der Waals surface area contributed by atoms with Crippen molar-refractivity contribution in [2.24, 2.45) is 0 Å². The SMILES string of the molecule is Cc1ccc(N)c(Sc2ccc(Cl)cc2)n1. The summed E-state index contributed by atoms with van der Waals surface area (Å²) in [4.78, 5) is 5.47. The summed E-state index contributed by atoms with van der Waals surface area (Å²) in [6, 6.07) is 11.4. The van der Waals surface area contributed by atoms with Crippen molar-refractivity contribution in [1.82, 2.24) is 4.98 Å². The summed E-state index contributed by atoms with van der Waals surface area (Å²) < 4.78 is 0. The van der Waals surface area contributed by atoms with Crippen LogP contribution in [0.2, 0.25) is 5.02 Å². The molecule has 2 N–H and O–H groups in total. The highest BCUT2D eigenvalue weighted by atomic mass is 35.5. The molecule has 0 atom stereocenters. The van der Waals surface area contributed by atoms with E-state index in [1.165, 1.54) is 0 Å². The second-order valence-corrected chi connectivity index (χ2v) is 4.90. The van der Waals surface area contributed by atoms with Gasteiger partial charge in [-0.1, -0.05) is 23.4 Å². The van der Waals surface area contributed by atoms with Gasteiger partial charge in [0, 0.05) is 15.6 Å². The maximum atomic E-state index is 5.86. The number of nitrogens with zero attached hydrogens (tertiary/aromatic N) is 1. The molecule has 0 spiro atoms. The van der Waals surface area contributed by atoms with E-state index in [0.717, 1.165) is 20.6 Å². The van der Waals surface area contributed by atoms with Crippen LogP contribution in [0.15, 0.2) is 46.3 Å². The first-order chi connectivity index (χ1) is 7.65. The molecule has 82 valence electrons. The molecule has 2 rings (SSSR count). The number of nitrogen functional groups attached to an aromatic ring is 1. The zero-order valence-corrected chi connectivity index (χ0v) is 10.3. The van der Waals surface area contributed by atoms with E-state index < -0.39 is 0 Å². The van der Waals surface area contributed by atoms with Crippen molar-refractivity contribution in [3.63, 3.8) is 0 Å². The van der Waals surface area contributed by atoms with Crippen LogP contribution >= 0.6 is 23.4 Å². The fourth-order valence-corrected chi connectivity index (χ4v) is 2.24. The van der Waals surface area contributed by atoms with E-state index in [0.29, 0.717) is 5.69 Å². The molecule has 0 unspecified atom stereocenters. The molecular weight excluding hydrogens is 240 g/mol. The summed E-state index contributed by atoms with van der Waals surface area (Å²) >= 11 is 7.36. The van der Waals surface area contributed by atoms with Gasteiger partial charge in [0.05, 0.1) is 5.69 Å². The summed E-state index contributed by atoms with van der Waals surface area (Å²) in [5.74, 6) is 0. The van der Waals surface area contributed by atoms with Crippen molar-refractivity contribution in [1.29, 1.82) is 0 Å². The normalized spacial score (nSPS) is 10.4. The Morgan fingerprint density at radius 3 is 2.50 bits per heavy atom. The molecule has 0 saturated carbocycles. The first-order valence-corrected chi connectivity index (χ1v) is 6.01. The second kappa shape index (κ2) is 4.76. The molecule has 0 aliphatic rings. The quantitative estimate of drug-likeness (QED) is 0.882.